The van der Waals surface area contributed by atoms with Gasteiger partial charge in [-0.25, -0.2) is 9.97 Å². The Bertz CT molecular complexity index is 992. The topological polar surface area (TPSA) is 75.5 Å². The first kappa shape index (κ1) is 19.2. The van der Waals surface area contributed by atoms with Crippen LogP contribution in [0.1, 0.15) is 29.3 Å². The van der Waals surface area contributed by atoms with Crippen molar-refractivity contribution in [2.75, 3.05) is 18.0 Å². The van der Waals surface area contributed by atoms with Crippen LogP contribution in [0.15, 0.2) is 31.0 Å². The molecule has 1 atom stereocenters. The number of alkyl halides is 6. The summed E-state index contributed by atoms with van der Waals surface area (Å²) in [5.41, 5.74) is -2.10. The van der Waals surface area contributed by atoms with Gasteiger partial charge in [0.2, 0.25) is 5.95 Å². The third-order valence-corrected chi connectivity index (χ3v) is 4.63. The number of halogens is 6. The van der Waals surface area contributed by atoms with Gasteiger partial charge in [-0.2, -0.15) is 36.4 Å². The monoisotopic (exact) mass is 417 g/mol. The first-order chi connectivity index (χ1) is 13.6. The Kier molecular flexibility index (Phi) is 4.46. The normalized spacial score (nSPS) is 17.9. The maximum atomic E-state index is 13.3. The van der Waals surface area contributed by atoms with Crippen LogP contribution < -0.4 is 4.90 Å². The van der Waals surface area contributed by atoms with Gasteiger partial charge in [0.25, 0.3) is 0 Å². The maximum Gasteiger partial charge on any atom is 0.433 e. The second-order valence-electron chi connectivity index (χ2n) is 6.51. The number of hydrogen-bond acceptors (Lipinski definition) is 5. The van der Waals surface area contributed by atoms with Crippen LogP contribution in [0.25, 0.3) is 5.95 Å². The number of hydrogen-bond donors (Lipinski definition) is 1. The molecule has 4 rings (SSSR count). The Morgan fingerprint density at radius 1 is 1.07 bits per heavy atom. The van der Waals surface area contributed by atoms with E-state index in [2.05, 4.69) is 20.1 Å². The Morgan fingerprint density at radius 3 is 2.52 bits per heavy atom. The third kappa shape index (κ3) is 3.76. The summed E-state index contributed by atoms with van der Waals surface area (Å²) in [5, 5.41) is 5.43. The van der Waals surface area contributed by atoms with Crippen LogP contribution in [-0.2, 0) is 12.4 Å². The highest BCUT2D eigenvalue weighted by atomic mass is 19.4. The molecule has 4 heterocycles. The van der Waals surface area contributed by atoms with Crippen LogP contribution in [0.2, 0.25) is 0 Å². The van der Waals surface area contributed by atoms with Gasteiger partial charge in [0.15, 0.2) is 5.69 Å². The molecular formula is C16H13F6N7. The zero-order valence-corrected chi connectivity index (χ0v) is 14.5. The highest BCUT2D eigenvalue weighted by Gasteiger charge is 2.40. The van der Waals surface area contributed by atoms with E-state index in [4.69, 9.17) is 0 Å². The van der Waals surface area contributed by atoms with Crippen molar-refractivity contribution in [3.8, 4) is 5.95 Å². The molecule has 1 unspecified atom stereocenters. The van der Waals surface area contributed by atoms with Gasteiger partial charge in [-0.15, -0.1) is 0 Å². The molecule has 1 saturated heterocycles. The van der Waals surface area contributed by atoms with Gasteiger partial charge < -0.3 is 4.90 Å². The van der Waals surface area contributed by atoms with Gasteiger partial charge in [0.05, 0.1) is 6.20 Å². The molecule has 0 radical (unpaired) electrons. The number of aromatic nitrogens is 6. The molecule has 29 heavy (non-hydrogen) atoms. The molecule has 3 aromatic heterocycles. The predicted molar refractivity (Wildman–Crippen MR) is 87.3 cm³/mol. The van der Waals surface area contributed by atoms with Crippen molar-refractivity contribution >= 4 is 5.82 Å². The third-order valence-electron chi connectivity index (χ3n) is 4.63. The minimum atomic E-state index is -4.71. The van der Waals surface area contributed by atoms with E-state index in [1.165, 1.54) is 28.2 Å². The zero-order chi connectivity index (χ0) is 20.8. The highest BCUT2D eigenvalue weighted by Crippen LogP contribution is 2.38. The fraction of sp³-hybridized carbons (Fsp3) is 0.375. The number of imidazole rings is 1. The summed E-state index contributed by atoms with van der Waals surface area (Å²) < 4.78 is 80.4. The van der Waals surface area contributed by atoms with Crippen molar-refractivity contribution in [1.29, 1.82) is 0 Å². The molecule has 0 spiro atoms. The lowest BCUT2D eigenvalue weighted by atomic mass is 9.99. The summed E-state index contributed by atoms with van der Waals surface area (Å²) >= 11 is 0. The molecule has 0 aliphatic carbocycles. The van der Waals surface area contributed by atoms with Crippen LogP contribution in [0.3, 0.4) is 0 Å². The van der Waals surface area contributed by atoms with E-state index in [0.29, 0.717) is 6.42 Å². The average molecular weight is 417 g/mol. The molecule has 13 heteroatoms. The van der Waals surface area contributed by atoms with E-state index < -0.39 is 29.7 Å². The number of rotatable bonds is 3. The lowest BCUT2D eigenvalue weighted by Crippen LogP contribution is -2.23. The van der Waals surface area contributed by atoms with E-state index in [1.807, 2.05) is 5.10 Å². The molecule has 154 valence electrons. The summed E-state index contributed by atoms with van der Waals surface area (Å²) in [6, 6.07) is 0.794. The van der Waals surface area contributed by atoms with Gasteiger partial charge >= 0.3 is 12.4 Å². The van der Waals surface area contributed by atoms with Gasteiger partial charge in [-0.1, -0.05) is 0 Å². The number of anilines is 1. The molecule has 1 aliphatic rings. The van der Waals surface area contributed by atoms with Gasteiger partial charge in [-0.05, 0) is 6.42 Å². The zero-order valence-electron chi connectivity index (χ0n) is 14.5. The summed E-state index contributed by atoms with van der Waals surface area (Å²) in [6.45, 7) is 0.311. The summed E-state index contributed by atoms with van der Waals surface area (Å²) in [7, 11) is 0. The van der Waals surface area contributed by atoms with Crippen LogP contribution >= 0.6 is 0 Å². The Labute approximate surface area is 159 Å². The molecule has 7 nitrogen and oxygen atoms in total. The average Bonchev–Trinajstić information content (AvgIpc) is 3.40. The molecule has 3 aromatic rings. The van der Waals surface area contributed by atoms with E-state index in [1.54, 1.807) is 0 Å². The molecule has 1 N–H and O–H groups in total. The lowest BCUT2D eigenvalue weighted by molar-refractivity contribution is -0.142. The first-order valence-corrected chi connectivity index (χ1v) is 8.43. The van der Waals surface area contributed by atoms with Gasteiger partial charge in [0, 0.05) is 43.0 Å². The van der Waals surface area contributed by atoms with Crippen molar-refractivity contribution < 1.29 is 26.3 Å². The van der Waals surface area contributed by atoms with Gasteiger partial charge in [0.1, 0.15) is 17.8 Å². The minimum absolute atomic E-state index is 0.0139. The minimum Gasteiger partial charge on any atom is -0.356 e. The maximum absolute atomic E-state index is 13.3. The SMILES string of the molecule is FC(F)(F)c1cc(N2CCC(c3cn[nH]c3C(F)(F)F)C2)nc(-n2ccnc2)n1. The fourth-order valence-electron chi connectivity index (χ4n) is 3.28. The molecule has 1 fully saturated rings. The Morgan fingerprint density at radius 2 is 1.86 bits per heavy atom. The van der Waals surface area contributed by atoms with Crippen molar-refractivity contribution in [1.82, 2.24) is 29.7 Å². The molecule has 0 saturated carbocycles. The van der Waals surface area contributed by atoms with Crippen LogP contribution in [0, 0.1) is 0 Å². The number of aromatic amines is 1. The van der Waals surface area contributed by atoms with E-state index in [9.17, 15) is 26.3 Å². The smallest absolute Gasteiger partial charge is 0.356 e. The second kappa shape index (κ2) is 6.74. The molecule has 0 bridgehead atoms. The second-order valence-corrected chi connectivity index (χ2v) is 6.51. The quantitative estimate of drug-likeness (QED) is 0.661. The van der Waals surface area contributed by atoms with Crippen molar-refractivity contribution in [2.24, 2.45) is 0 Å². The largest absolute Gasteiger partial charge is 0.433 e. The summed E-state index contributed by atoms with van der Waals surface area (Å²) in [6.07, 6.45) is -3.86. The van der Waals surface area contributed by atoms with E-state index >= 15 is 0 Å². The van der Waals surface area contributed by atoms with Gasteiger partial charge in [-0.3, -0.25) is 9.67 Å². The predicted octanol–water partition coefficient (Wildman–Crippen LogP) is 3.42. The van der Waals surface area contributed by atoms with E-state index in [-0.39, 0.29) is 30.4 Å². The molecule has 0 aromatic carbocycles. The van der Waals surface area contributed by atoms with Crippen LogP contribution in [0.4, 0.5) is 32.2 Å². The number of H-pyrrole nitrogens is 1. The lowest BCUT2D eigenvalue weighted by Gasteiger charge is -2.20. The standard InChI is InChI=1S/C16H13F6N7/c17-15(18,19)11-5-12(26-14(25-11)29-4-2-23-8-29)28-3-1-9(7-28)10-6-24-27-13(10)16(20,21)22/h2,4-6,8-9H,1,3,7H2,(H,24,27). The first-order valence-electron chi connectivity index (χ1n) is 8.43. The summed E-state index contributed by atoms with van der Waals surface area (Å²) in [5.74, 6) is -0.794. The molecule has 1 aliphatic heterocycles. The van der Waals surface area contributed by atoms with Crippen molar-refractivity contribution in [3.05, 3.63) is 47.9 Å². The Hall–Kier alpha value is -3.12. The van der Waals surface area contributed by atoms with E-state index in [0.717, 1.165) is 12.3 Å². The number of nitrogens with zero attached hydrogens (tertiary/aromatic N) is 6. The van der Waals surface area contributed by atoms with Crippen molar-refractivity contribution in [3.63, 3.8) is 0 Å². The van der Waals surface area contributed by atoms with Crippen LogP contribution in [0.5, 0.6) is 0 Å². The fourth-order valence-corrected chi connectivity index (χ4v) is 3.28. The van der Waals surface area contributed by atoms with Crippen molar-refractivity contribution in [2.45, 2.75) is 24.7 Å². The number of nitrogens with one attached hydrogen (secondary N) is 1. The molecule has 0 amide bonds. The molecular weight excluding hydrogens is 404 g/mol. The highest BCUT2D eigenvalue weighted by molar-refractivity contribution is 5.45. The Balaban J connectivity index is 1.66. The summed E-state index contributed by atoms with van der Waals surface area (Å²) in [4.78, 5) is 13.0. The van der Waals surface area contributed by atoms with Crippen LogP contribution in [-0.4, -0.2) is 42.8 Å².